The quantitative estimate of drug-likeness (QED) is 0.597. The van der Waals surface area contributed by atoms with Crippen LogP contribution in [-0.4, -0.2) is 23.1 Å². The van der Waals surface area contributed by atoms with Crippen molar-refractivity contribution in [1.29, 1.82) is 0 Å². The van der Waals surface area contributed by atoms with Crippen molar-refractivity contribution in [3.63, 3.8) is 0 Å². The van der Waals surface area contributed by atoms with Gasteiger partial charge in [-0.1, -0.05) is 13.8 Å². The molecule has 6 heteroatoms. The maximum absolute atomic E-state index is 10.8. The summed E-state index contributed by atoms with van der Waals surface area (Å²) in [6.45, 7) is 7.25. The van der Waals surface area contributed by atoms with Gasteiger partial charge in [-0.05, 0) is 19.3 Å². The van der Waals surface area contributed by atoms with Crippen LogP contribution < -0.4 is 10.1 Å². The van der Waals surface area contributed by atoms with Crippen LogP contribution in [0.1, 0.15) is 27.2 Å². The van der Waals surface area contributed by atoms with Crippen LogP contribution in [0.15, 0.2) is 12.1 Å². The van der Waals surface area contributed by atoms with Gasteiger partial charge < -0.3 is 10.1 Å². The molecule has 0 unspecified atom stereocenters. The van der Waals surface area contributed by atoms with E-state index in [1.54, 1.807) is 0 Å². The molecule has 1 aromatic heterocycles. The Bertz CT molecular complexity index is 408. The second-order valence-electron chi connectivity index (χ2n) is 4.37. The minimum absolute atomic E-state index is 0.0134. The van der Waals surface area contributed by atoms with Crippen molar-refractivity contribution in [3.05, 3.63) is 22.2 Å². The van der Waals surface area contributed by atoms with Gasteiger partial charge in [-0.3, -0.25) is 10.1 Å². The van der Waals surface area contributed by atoms with Gasteiger partial charge in [0.1, 0.15) is 5.82 Å². The molecule has 0 saturated carbocycles. The SMILES string of the molecule is CCNc1cc([N+](=O)[O-])cc(OCCC(C)C)n1. The van der Waals surface area contributed by atoms with E-state index in [-0.39, 0.29) is 5.69 Å². The zero-order valence-electron chi connectivity index (χ0n) is 11.0. The minimum Gasteiger partial charge on any atom is -0.477 e. The smallest absolute Gasteiger partial charge is 0.278 e. The van der Waals surface area contributed by atoms with E-state index >= 15 is 0 Å². The molecule has 0 aliphatic carbocycles. The van der Waals surface area contributed by atoms with Gasteiger partial charge in [0.25, 0.3) is 5.69 Å². The third kappa shape index (κ3) is 4.57. The summed E-state index contributed by atoms with van der Waals surface area (Å²) in [7, 11) is 0. The van der Waals surface area contributed by atoms with Gasteiger partial charge in [0.05, 0.1) is 23.7 Å². The summed E-state index contributed by atoms with van der Waals surface area (Å²) in [4.78, 5) is 14.5. The molecule has 0 aliphatic heterocycles. The Labute approximate surface area is 107 Å². The average molecular weight is 253 g/mol. The highest BCUT2D eigenvalue weighted by Gasteiger charge is 2.11. The number of nitrogens with one attached hydrogen (secondary N) is 1. The van der Waals surface area contributed by atoms with Crippen molar-refractivity contribution in [2.45, 2.75) is 27.2 Å². The summed E-state index contributed by atoms with van der Waals surface area (Å²) >= 11 is 0. The molecule has 0 aromatic carbocycles. The number of hydrogen-bond donors (Lipinski definition) is 1. The first-order chi connectivity index (χ1) is 8.52. The lowest BCUT2D eigenvalue weighted by molar-refractivity contribution is -0.384. The van der Waals surface area contributed by atoms with E-state index in [1.165, 1.54) is 12.1 Å². The van der Waals surface area contributed by atoms with Crippen molar-refractivity contribution < 1.29 is 9.66 Å². The van der Waals surface area contributed by atoms with E-state index in [4.69, 9.17) is 4.74 Å². The summed E-state index contributed by atoms with van der Waals surface area (Å²) in [5.74, 6) is 1.28. The lowest BCUT2D eigenvalue weighted by Crippen LogP contribution is -2.06. The molecule has 1 rings (SSSR count). The monoisotopic (exact) mass is 253 g/mol. The van der Waals surface area contributed by atoms with E-state index in [2.05, 4.69) is 24.1 Å². The summed E-state index contributed by atoms with van der Waals surface area (Å²) in [5.41, 5.74) is -0.0134. The number of ether oxygens (including phenoxy) is 1. The molecule has 0 spiro atoms. The van der Waals surface area contributed by atoms with E-state index in [1.807, 2.05) is 6.92 Å². The van der Waals surface area contributed by atoms with Gasteiger partial charge in [-0.15, -0.1) is 0 Å². The highest BCUT2D eigenvalue weighted by atomic mass is 16.6. The van der Waals surface area contributed by atoms with Gasteiger partial charge in [0.2, 0.25) is 5.88 Å². The van der Waals surface area contributed by atoms with Crippen molar-refractivity contribution in [1.82, 2.24) is 4.98 Å². The largest absolute Gasteiger partial charge is 0.477 e. The number of pyridine rings is 1. The molecule has 6 nitrogen and oxygen atoms in total. The number of nitro groups is 1. The predicted molar refractivity (Wildman–Crippen MR) is 70.0 cm³/mol. The fourth-order valence-corrected chi connectivity index (χ4v) is 1.34. The Morgan fingerprint density at radius 1 is 1.50 bits per heavy atom. The number of nitrogens with zero attached hydrogens (tertiary/aromatic N) is 2. The van der Waals surface area contributed by atoms with Crippen LogP contribution in [0.2, 0.25) is 0 Å². The molecule has 0 atom stereocenters. The molecule has 1 heterocycles. The third-order valence-electron chi connectivity index (χ3n) is 2.30. The molecule has 100 valence electrons. The average Bonchev–Trinajstić information content (AvgIpc) is 2.28. The molecule has 18 heavy (non-hydrogen) atoms. The summed E-state index contributed by atoms with van der Waals surface area (Å²) in [5, 5.41) is 13.7. The third-order valence-corrected chi connectivity index (χ3v) is 2.30. The lowest BCUT2D eigenvalue weighted by atomic mass is 10.1. The number of rotatable bonds is 7. The van der Waals surface area contributed by atoms with Crippen molar-refractivity contribution in [2.24, 2.45) is 5.92 Å². The topological polar surface area (TPSA) is 77.3 Å². The second-order valence-corrected chi connectivity index (χ2v) is 4.37. The molecular formula is C12H19N3O3. The predicted octanol–water partition coefficient (Wildman–Crippen LogP) is 2.85. The van der Waals surface area contributed by atoms with Crippen LogP contribution in [0, 0.1) is 16.0 Å². The lowest BCUT2D eigenvalue weighted by Gasteiger charge is -2.09. The van der Waals surface area contributed by atoms with Crippen LogP contribution in [0.4, 0.5) is 11.5 Å². The van der Waals surface area contributed by atoms with E-state index in [9.17, 15) is 10.1 Å². The molecule has 0 amide bonds. The fraction of sp³-hybridized carbons (Fsp3) is 0.583. The Hall–Kier alpha value is -1.85. The molecule has 0 bridgehead atoms. The van der Waals surface area contributed by atoms with Crippen molar-refractivity contribution in [2.75, 3.05) is 18.5 Å². The molecule has 1 aromatic rings. The minimum atomic E-state index is -0.447. The molecule has 0 aliphatic rings. The number of hydrogen-bond acceptors (Lipinski definition) is 5. The molecular weight excluding hydrogens is 234 g/mol. The highest BCUT2D eigenvalue weighted by Crippen LogP contribution is 2.22. The number of anilines is 1. The Balaban J connectivity index is 2.79. The van der Waals surface area contributed by atoms with Crippen molar-refractivity contribution >= 4 is 11.5 Å². The van der Waals surface area contributed by atoms with Crippen molar-refractivity contribution in [3.8, 4) is 5.88 Å². The molecule has 0 radical (unpaired) electrons. The van der Waals surface area contributed by atoms with Gasteiger partial charge in [0, 0.05) is 6.54 Å². The Morgan fingerprint density at radius 3 is 2.78 bits per heavy atom. The Morgan fingerprint density at radius 2 is 2.22 bits per heavy atom. The van der Waals surface area contributed by atoms with Crippen LogP contribution >= 0.6 is 0 Å². The summed E-state index contributed by atoms with van der Waals surface area (Å²) in [6.07, 6.45) is 0.890. The van der Waals surface area contributed by atoms with E-state index < -0.39 is 4.92 Å². The maximum atomic E-state index is 10.8. The van der Waals surface area contributed by atoms with Gasteiger partial charge in [-0.2, -0.15) is 4.98 Å². The maximum Gasteiger partial charge on any atom is 0.278 e. The standard InChI is InChI=1S/C12H19N3O3/c1-4-13-11-7-10(15(16)17)8-12(14-11)18-6-5-9(2)3/h7-9H,4-6H2,1-3H3,(H,13,14). The normalized spacial score (nSPS) is 10.4. The van der Waals surface area contributed by atoms with Gasteiger partial charge in [0.15, 0.2) is 0 Å². The van der Waals surface area contributed by atoms with E-state index in [0.29, 0.717) is 30.8 Å². The first-order valence-corrected chi connectivity index (χ1v) is 6.06. The Kier molecular flexibility index (Phi) is 5.35. The van der Waals surface area contributed by atoms with E-state index in [0.717, 1.165) is 6.42 Å². The van der Waals surface area contributed by atoms with Gasteiger partial charge in [-0.25, -0.2) is 0 Å². The molecule has 1 N–H and O–H groups in total. The van der Waals surface area contributed by atoms with Gasteiger partial charge >= 0.3 is 0 Å². The second kappa shape index (κ2) is 6.78. The zero-order chi connectivity index (χ0) is 13.5. The van der Waals surface area contributed by atoms with Crippen LogP contribution in [0.25, 0.3) is 0 Å². The first kappa shape index (κ1) is 14.2. The molecule has 0 fully saturated rings. The van der Waals surface area contributed by atoms with Crippen LogP contribution in [0.5, 0.6) is 5.88 Å². The van der Waals surface area contributed by atoms with Crippen LogP contribution in [-0.2, 0) is 0 Å². The van der Waals surface area contributed by atoms with Crippen LogP contribution in [0.3, 0.4) is 0 Å². The summed E-state index contributed by atoms with van der Waals surface area (Å²) < 4.78 is 5.44. The first-order valence-electron chi connectivity index (χ1n) is 6.06. The number of aromatic nitrogens is 1. The summed E-state index contributed by atoms with van der Waals surface area (Å²) in [6, 6.07) is 2.75. The molecule has 0 saturated heterocycles. The zero-order valence-corrected chi connectivity index (χ0v) is 11.0. The fourth-order valence-electron chi connectivity index (χ4n) is 1.34. The highest BCUT2D eigenvalue weighted by molar-refractivity contribution is 5.48.